The summed E-state index contributed by atoms with van der Waals surface area (Å²) in [6, 6.07) is -0.318. The molecule has 0 saturated carbocycles. The normalized spacial score (nSPS) is 21.9. The van der Waals surface area contributed by atoms with Crippen molar-refractivity contribution in [1.82, 2.24) is 10.1 Å². The third-order valence-electron chi connectivity index (χ3n) is 2.71. The van der Waals surface area contributed by atoms with Crippen LogP contribution in [-0.4, -0.2) is 36.6 Å². The molecule has 2 atom stereocenters. The second-order valence-corrected chi connectivity index (χ2v) is 4.23. The highest BCUT2D eigenvalue weighted by Gasteiger charge is 2.25. The maximum atomic E-state index is 5.91. The van der Waals surface area contributed by atoms with Crippen LogP contribution < -0.4 is 5.73 Å². The fourth-order valence-corrected chi connectivity index (χ4v) is 1.72. The van der Waals surface area contributed by atoms with E-state index in [9.17, 15) is 0 Å². The lowest BCUT2D eigenvalue weighted by Gasteiger charge is -2.06. The van der Waals surface area contributed by atoms with Gasteiger partial charge in [-0.1, -0.05) is 12.1 Å². The molecule has 1 aromatic heterocycles. The van der Waals surface area contributed by atoms with Crippen LogP contribution in [0.4, 0.5) is 0 Å². The van der Waals surface area contributed by atoms with Gasteiger partial charge < -0.3 is 19.7 Å². The number of aromatic nitrogens is 2. The van der Waals surface area contributed by atoms with Crippen LogP contribution in [-0.2, 0) is 9.47 Å². The predicted octanol–water partition coefficient (Wildman–Crippen LogP) is 1.000. The van der Waals surface area contributed by atoms with Gasteiger partial charge in [0, 0.05) is 13.2 Å². The molecule has 96 valence electrons. The Labute approximate surface area is 100 Å². The van der Waals surface area contributed by atoms with E-state index in [4.69, 9.17) is 19.7 Å². The van der Waals surface area contributed by atoms with Gasteiger partial charge in [0.2, 0.25) is 5.89 Å². The third-order valence-corrected chi connectivity index (χ3v) is 2.71. The molecule has 1 saturated heterocycles. The van der Waals surface area contributed by atoms with Crippen LogP contribution in [0.5, 0.6) is 0 Å². The monoisotopic (exact) mass is 241 g/mol. The summed E-state index contributed by atoms with van der Waals surface area (Å²) in [5, 5.41) is 3.89. The number of ether oxygens (including phenoxy) is 2. The van der Waals surface area contributed by atoms with Crippen LogP contribution in [0.1, 0.15) is 43.4 Å². The summed E-state index contributed by atoms with van der Waals surface area (Å²) in [7, 11) is 0. The van der Waals surface area contributed by atoms with Crippen molar-refractivity contribution in [2.24, 2.45) is 5.73 Å². The summed E-state index contributed by atoms with van der Waals surface area (Å²) in [6.45, 7) is 4.60. The molecule has 0 bridgehead atoms. The average molecular weight is 241 g/mol. The van der Waals surface area contributed by atoms with Gasteiger partial charge in [0.1, 0.15) is 0 Å². The Morgan fingerprint density at radius 1 is 1.59 bits per heavy atom. The van der Waals surface area contributed by atoms with Gasteiger partial charge in [-0.25, -0.2) is 0 Å². The fraction of sp³-hybridized carbons (Fsp3) is 0.818. The van der Waals surface area contributed by atoms with Crippen LogP contribution in [0.3, 0.4) is 0 Å². The SMILES string of the molecule is CCCOCC(N)c1noc(C2CCOC2)n1. The first-order valence-corrected chi connectivity index (χ1v) is 6.05. The number of rotatable bonds is 6. The van der Waals surface area contributed by atoms with Crippen molar-refractivity contribution in [2.75, 3.05) is 26.4 Å². The summed E-state index contributed by atoms with van der Waals surface area (Å²) < 4.78 is 15.8. The Morgan fingerprint density at radius 3 is 3.18 bits per heavy atom. The number of hydrogen-bond donors (Lipinski definition) is 1. The summed E-state index contributed by atoms with van der Waals surface area (Å²) in [4.78, 5) is 4.31. The Morgan fingerprint density at radius 2 is 2.47 bits per heavy atom. The van der Waals surface area contributed by atoms with Crippen molar-refractivity contribution in [2.45, 2.75) is 31.7 Å². The zero-order valence-electron chi connectivity index (χ0n) is 10.1. The quantitative estimate of drug-likeness (QED) is 0.748. The zero-order chi connectivity index (χ0) is 12.1. The summed E-state index contributed by atoms with van der Waals surface area (Å²) in [5.41, 5.74) is 5.91. The van der Waals surface area contributed by atoms with E-state index in [1.165, 1.54) is 0 Å². The minimum atomic E-state index is -0.318. The Balaban J connectivity index is 1.88. The van der Waals surface area contributed by atoms with Crippen molar-refractivity contribution in [1.29, 1.82) is 0 Å². The van der Waals surface area contributed by atoms with Gasteiger partial charge >= 0.3 is 0 Å². The van der Waals surface area contributed by atoms with E-state index in [0.29, 0.717) is 31.5 Å². The third kappa shape index (κ3) is 3.24. The predicted molar refractivity (Wildman–Crippen MR) is 60.5 cm³/mol. The Bertz CT molecular complexity index is 336. The first-order chi connectivity index (χ1) is 8.31. The molecule has 0 aliphatic carbocycles. The van der Waals surface area contributed by atoms with E-state index in [-0.39, 0.29) is 12.0 Å². The minimum Gasteiger partial charge on any atom is -0.381 e. The number of hydrogen-bond acceptors (Lipinski definition) is 6. The van der Waals surface area contributed by atoms with E-state index < -0.39 is 0 Å². The lowest BCUT2D eigenvalue weighted by molar-refractivity contribution is 0.119. The molecule has 1 aliphatic rings. The Kier molecular flexibility index (Phi) is 4.47. The van der Waals surface area contributed by atoms with E-state index in [2.05, 4.69) is 17.1 Å². The molecule has 0 amide bonds. The zero-order valence-corrected chi connectivity index (χ0v) is 10.1. The lowest BCUT2D eigenvalue weighted by Crippen LogP contribution is -2.19. The van der Waals surface area contributed by atoms with Gasteiger partial charge in [-0.3, -0.25) is 0 Å². The van der Waals surface area contributed by atoms with Gasteiger partial charge in [0.05, 0.1) is 25.2 Å². The standard InChI is InChI=1S/C11H19N3O3/c1-2-4-15-7-9(12)10-13-11(17-14-10)8-3-5-16-6-8/h8-9H,2-7,12H2,1H3. The van der Waals surface area contributed by atoms with Crippen molar-refractivity contribution in [3.63, 3.8) is 0 Å². The highest BCUT2D eigenvalue weighted by atomic mass is 16.5. The molecule has 0 spiro atoms. The topological polar surface area (TPSA) is 83.4 Å². The smallest absolute Gasteiger partial charge is 0.232 e. The van der Waals surface area contributed by atoms with E-state index >= 15 is 0 Å². The van der Waals surface area contributed by atoms with Gasteiger partial charge in [-0.2, -0.15) is 4.98 Å². The highest BCUT2D eigenvalue weighted by molar-refractivity contribution is 4.99. The largest absolute Gasteiger partial charge is 0.381 e. The molecule has 0 radical (unpaired) electrons. The molecule has 0 aromatic carbocycles. The summed E-state index contributed by atoms with van der Waals surface area (Å²) in [5.74, 6) is 1.37. The van der Waals surface area contributed by atoms with Gasteiger partial charge in [0.15, 0.2) is 5.82 Å². The summed E-state index contributed by atoms with van der Waals surface area (Å²) in [6.07, 6.45) is 1.91. The average Bonchev–Trinajstić information content (AvgIpc) is 3.00. The maximum absolute atomic E-state index is 5.91. The molecule has 2 unspecified atom stereocenters. The van der Waals surface area contributed by atoms with Crippen LogP contribution in [0, 0.1) is 0 Å². The van der Waals surface area contributed by atoms with Crippen LogP contribution >= 0.6 is 0 Å². The first kappa shape index (κ1) is 12.5. The van der Waals surface area contributed by atoms with E-state index in [0.717, 1.165) is 19.4 Å². The van der Waals surface area contributed by atoms with Gasteiger partial charge in [-0.05, 0) is 12.8 Å². The molecular weight excluding hydrogens is 222 g/mol. The molecule has 2 heterocycles. The molecule has 2 rings (SSSR count). The first-order valence-electron chi connectivity index (χ1n) is 6.05. The fourth-order valence-electron chi connectivity index (χ4n) is 1.72. The van der Waals surface area contributed by atoms with E-state index in [1.54, 1.807) is 0 Å². The van der Waals surface area contributed by atoms with Crippen molar-refractivity contribution >= 4 is 0 Å². The minimum absolute atomic E-state index is 0.222. The van der Waals surface area contributed by atoms with Crippen LogP contribution in [0.15, 0.2) is 4.52 Å². The summed E-state index contributed by atoms with van der Waals surface area (Å²) >= 11 is 0. The van der Waals surface area contributed by atoms with Crippen molar-refractivity contribution in [3.8, 4) is 0 Å². The molecule has 1 fully saturated rings. The second kappa shape index (κ2) is 6.09. The lowest BCUT2D eigenvalue weighted by atomic mass is 10.1. The number of nitrogens with zero attached hydrogens (tertiary/aromatic N) is 2. The molecule has 17 heavy (non-hydrogen) atoms. The molecule has 6 nitrogen and oxygen atoms in total. The van der Waals surface area contributed by atoms with Crippen LogP contribution in [0.2, 0.25) is 0 Å². The van der Waals surface area contributed by atoms with Gasteiger partial charge in [-0.15, -0.1) is 0 Å². The molecule has 1 aromatic rings. The number of nitrogens with two attached hydrogens (primary N) is 1. The van der Waals surface area contributed by atoms with Gasteiger partial charge in [0.25, 0.3) is 0 Å². The van der Waals surface area contributed by atoms with E-state index in [1.807, 2.05) is 0 Å². The molecule has 2 N–H and O–H groups in total. The maximum Gasteiger partial charge on any atom is 0.232 e. The second-order valence-electron chi connectivity index (χ2n) is 4.23. The highest BCUT2D eigenvalue weighted by Crippen LogP contribution is 2.24. The Hall–Kier alpha value is -0.980. The van der Waals surface area contributed by atoms with Crippen LogP contribution in [0.25, 0.3) is 0 Å². The molecular formula is C11H19N3O3. The molecule has 6 heteroatoms. The molecule has 1 aliphatic heterocycles. The van der Waals surface area contributed by atoms with Crippen molar-refractivity contribution < 1.29 is 14.0 Å². The van der Waals surface area contributed by atoms with Crippen molar-refractivity contribution in [3.05, 3.63) is 11.7 Å².